The molecule has 1 aromatic carbocycles. The fourth-order valence-corrected chi connectivity index (χ4v) is 3.77. The first-order valence-electron chi connectivity index (χ1n) is 8.65. The molecule has 0 bridgehead atoms. The second-order valence-electron chi connectivity index (χ2n) is 6.66. The molecule has 4 aromatic rings. The van der Waals surface area contributed by atoms with Crippen molar-refractivity contribution in [3.8, 4) is 22.8 Å². The van der Waals surface area contributed by atoms with Crippen molar-refractivity contribution in [3.63, 3.8) is 0 Å². The minimum atomic E-state index is -0.767. The molecule has 1 aliphatic rings. The van der Waals surface area contributed by atoms with Gasteiger partial charge in [0.25, 0.3) is 5.89 Å². The minimum absolute atomic E-state index is 0.0446. The highest BCUT2D eigenvalue weighted by Gasteiger charge is 2.28. The fraction of sp³-hybridized carbons (Fsp3) is 0.211. The number of aryl methyl sites for hydroxylation is 1. The van der Waals surface area contributed by atoms with Gasteiger partial charge in [-0.05, 0) is 36.6 Å². The lowest BCUT2D eigenvalue weighted by Crippen LogP contribution is -2.03. The lowest BCUT2D eigenvalue weighted by molar-refractivity contribution is -0.137. The third kappa shape index (κ3) is 2.66. The van der Waals surface area contributed by atoms with Gasteiger partial charge in [0.15, 0.2) is 0 Å². The summed E-state index contributed by atoms with van der Waals surface area (Å²) in [5.41, 5.74) is 4.74. The number of aromatic amines is 1. The third-order valence-corrected chi connectivity index (χ3v) is 5.00. The molecule has 1 unspecified atom stereocenters. The van der Waals surface area contributed by atoms with Crippen molar-refractivity contribution in [2.24, 2.45) is 0 Å². The number of carboxylic acid groups (broad SMARTS) is 1. The average molecular weight is 361 g/mol. The van der Waals surface area contributed by atoms with Gasteiger partial charge >= 0.3 is 5.97 Å². The molecule has 3 heterocycles. The molecule has 0 fully saturated rings. The molecule has 5 rings (SSSR count). The highest BCUT2D eigenvalue weighted by atomic mass is 16.5. The van der Waals surface area contributed by atoms with Gasteiger partial charge in [0.1, 0.15) is 6.33 Å². The van der Waals surface area contributed by atoms with Gasteiger partial charge in [-0.1, -0.05) is 5.16 Å². The van der Waals surface area contributed by atoms with Crippen LogP contribution < -0.4 is 0 Å². The van der Waals surface area contributed by atoms with Gasteiger partial charge < -0.3 is 14.6 Å². The number of carboxylic acids is 1. The van der Waals surface area contributed by atoms with E-state index in [9.17, 15) is 4.79 Å². The lowest BCUT2D eigenvalue weighted by Gasteiger charge is -2.05. The van der Waals surface area contributed by atoms with Crippen LogP contribution in [0.2, 0.25) is 0 Å². The molecule has 3 aromatic heterocycles. The number of rotatable bonds is 4. The first-order valence-corrected chi connectivity index (χ1v) is 8.65. The Morgan fingerprint density at radius 2 is 2.11 bits per heavy atom. The van der Waals surface area contributed by atoms with Gasteiger partial charge in [0.2, 0.25) is 5.82 Å². The first kappa shape index (κ1) is 15.7. The number of carbonyl (C=O) groups is 1. The van der Waals surface area contributed by atoms with Gasteiger partial charge in [0.05, 0.1) is 12.0 Å². The molecule has 0 saturated carbocycles. The summed E-state index contributed by atoms with van der Waals surface area (Å²) in [6.07, 6.45) is 6.56. The highest BCUT2D eigenvalue weighted by Crippen LogP contribution is 2.40. The predicted molar refractivity (Wildman–Crippen MR) is 95.9 cm³/mol. The van der Waals surface area contributed by atoms with Crippen molar-refractivity contribution < 1.29 is 14.4 Å². The summed E-state index contributed by atoms with van der Waals surface area (Å²) in [6, 6.07) is 5.93. The van der Waals surface area contributed by atoms with Crippen LogP contribution in [0.15, 0.2) is 41.4 Å². The number of aliphatic carboxylic acids is 1. The largest absolute Gasteiger partial charge is 0.481 e. The molecular weight excluding hydrogens is 346 g/mol. The normalized spacial score (nSPS) is 15.9. The van der Waals surface area contributed by atoms with E-state index >= 15 is 0 Å². The van der Waals surface area contributed by atoms with Crippen LogP contribution in [-0.2, 0) is 11.2 Å². The number of H-pyrrole nitrogens is 1. The van der Waals surface area contributed by atoms with Crippen LogP contribution in [0.3, 0.4) is 0 Å². The Morgan fingerprint density at radius 3 is 2.93 bits per heavy atom. The van der Waals surface area contributed by atoms with E-state index in [2.05, 4.69) is 25.1 Å². The molecule has 0 aliphatic heterocycles. The number of aromatic nitrogens is 5. The third-order valence-electron chi connectivity index (χ3n) is 5.00. The molecule has 2 N–H and O–H groups in total. The zero-order valence-electron chi connectivity index (χ0n) is 14.2. The number of nitrogens with zero attached hydrogens (tertiary/aromatic N) is 4. The Balaban J connectivity index is 1.53. The van der Waals surface area contributed by atoms with Crippen LogP contribution in [-0.4, -0.2) is 36.2 Å². The van der Waals surface area contributed by atoms with E-state index in [0.29, 0.717) is 17.3 Å². The van der Waals surface area contributed by atoms with Crippen LogP contribution in [0.1, 0.15) is 30.0 Å². The van der Waals surface area contributed by atoms with Crippen LogP contribution >= 0.6 is 0 Å². The molecule has 8 nitrogen and oxygen atoms in total. The zero-order valence-corrected chi connectivity index (χ0v) is 14.2. The highest BCUT2D eigenvalue weighted by molar-refractivity contribution is 5.89. The number of hydrogen-bond donors (Lipinski definition) is 2. The summed E-state index contributed by atoms with van der Waals surface area (Å²) in [6.45, 7) is 0. The quantitative estimate of drug-likeness (QED) is 0.573. The molecule has 8 heteroatoms. The maximum absolute atomic E-state index is 11.1. The second kappa shape index (κ2) is 6.01. The molecule has 0 radical (unpaired) electrons. The van der Waals surface area contributed by atoms with Crippen molar-refractivity contribution in [1.82, 2.24) is 25.1 Å². The van der Waals surface area contributed by atoms with E-state index in [4.69, 9.17) is 9.63 Å². The van der Waals surface area contributed by atoms with Gasteiger partial charge in [0, 0.05) is 40.5 Å². The van der Waals surface area contributed by atoms with Crippen molar-refractivity contribution in [3.05, 3.63) is 48.2 Å². The number of benzene rings is 1. The summed E-state index contributed by atoms with van der Waals surface area (Å²) in [4.78, 5) is 26.8. The fourth-order valence-electron chi connectivity index (χ4n) is 3.77. The molecule has 0 saturated heterocycles. The monoisotopic (exact) mass is 361 g/mol. The van der Waals surface area contributed by atoms with Crippen LogP contribution in [0.4, 0.5) is 0 Å². The Hall–Kier alpha value is -3.55. The van der Waals surface area contributed by atoms with E-state index in [-0.39, 0.29) is 12.3 Å². The second-order valence-corrected chi connectivity index (χ2v) is 6.66. The standard InChI is InChI=1S/C19H15N5O3/c25-16(26)6-10-1-3-13-14-5-11(2-4-15(14)22-17(10)13)18-23-19(27-24-18)12-7-20-9-21-8-12/h2,4-5,7-10,22H,1,3,6H2,(H,25,26). The van der Waals surface area contributed by atoms with Gasteiger partial charge in [-0.25, -0.2) is 9.97 Å². The summed E-state index contributed by atoms with van der Waals surface area (Å²) in [7, 11) is 0. The Bertz CT molecular complexity index is 1150. The maximum atomic E-state index is 11.1. The van der Waals surface area contributed by atoms with Gasteiger partial charge in [-0.2, -0.15) is 4.98 Å². The molecule has 0 amide bonds. The van der Waals surface area contributed by atoms with E-state index in [1.165, 1.54) is 11.9 Å². The van der Waals surface area contributed by atoms with E-state index in [0.717, 1.165) is 35.0 Å². The molecular formula is C19H15N5O3. The summed E-state index contributed by atoms with van der Waals surface area (Å²) in [5, 5.41) is 14.3. The summed E-state index contributed by atoms with van der Waals surface area (Å²) < 4.78 is 5.34. The average Bonchev–Trinajstić information content (AvgIpc) is 3.38. The Morgan fingerprint density at radius 1 is 1.26 bits per heavy atom. The lowest BCUT2D eigenvalue weighted by atomic mass is 10.0. The van der Waals surface area contributed by atoms with Crippen LogP contribution in [0, 0.1) is 0 Å². The Labute approximate surface area is 153 Å². The first-order chi connectivity index (χ1) is 13.2. The van der Waals surface area contributed by atoms with Crippen molar-refractivity contribution in [1.29, 1.82) is 0 Å². The molecule has 134 valence electrons. The summed E-state index contributed by atoms with van der Waals surface area (Å²) in [5.74, 6) is 0.136. The van der Waals surface area contributed by atoms with Crippen LogP contribution in [0.5, 0.6) is 0 Å². The predicted octanol–water partition coefficient (Wildman–Crippen LogP) is 3.18. The number of fused-ring (bicyclic) bond motifs is 3. The molecule has 1 atom stereocenters. The van der Waals surface area contributed by atoms with Crippen molar-refractivity contribution in [2.45, 2.75) is 25.2 Å². The minimum Gasteiger partial charge on any atom is -0.481 e. The topological polar surface area (TPSA) is 118 Å². The molecule has 0 spiro atoms. The maximum Gasteiger partial charge on any atom is 0.304 e. The van der Waals surface area contributed by atoms with Gasteiger partial charge in [-0.15, -0.1) is 0 Å². The van der Waals surface area contributed by atoms with Gasteiger partial charge in [-0.3, -0.25) is 4.79 Å². The van der Waals surface area contributed by atoms with E-state index in [1.807, 2.05) is 18.2 Å². The Kier molecular flexibility index (Phi) is 3.49. The smallest absolute Gasteiger partial charge is 0.304 e. The molecule has 1 aliphatic carbocycles. The summed E-state index contributed by atoms with van der Waals surface area (Å²) >= 11 is 0. The van der Waals surface area contributed by atoms with E-state index in [1.54, 1.807) is 12.4 Å². The van der Waals surface area contributed by atoms with Crippen molar-refractivity contribution in [2.75, 3.05) is 0 Å². The van der Waals surface area contributed by atoms with Crippen LogP contribution in [0.25, 0.3) is 33.7 Å². The van der Waals surface area contributed by atoms with E-state index < -0.39 is 5.97 Å². The number of nitrogens with one attached hydrogen (secondary N) is 1. The van der Waals surface area contributed by atoms with Crippen molar-refractivity contribution >= 4 is 16.9 Å². The molecule has 27 heavy (non-hydrogen) atoms. The zero-order chi connectivity index (χ0) is 18.4. The SMILES string of the molecule is O=C(O)CC1CCc2c1[nH]c1ccc(-c3noc(-c4cncnc4)n3)cc21. The number of hydrogen-bond acceptors (Lipinski definition) is 6.